The molecule has 0 aliphatic carbocycles. The highest BCUT2D eigenvalue weighted by Gasteiger charge is 1.92. The van der Waals surface area contributed by atoms with Crippen LogP contribution in [0.5, 0.6) is 0 Å². The third kappa shape index (κ3) is 7.04. The van der Waals surface area contributed by atoms with E-state index in [9.17, 15) is 0 Å². The predicted octanol–water partition coefficient (Wildman–Crippen LogP) is 3.19. The summed E-state index contributed by atoms with van der Waals surface area (Å²) in [5.41, 5.74) is 0. The summed E-state index contributed by atoms with van der Waals surface area (Å²) in [7, 11) is 0. The molecule has 0 fully saturated rings. The van der Waals surface area contributed by atoms with Gasteiger partial charge in [-0.3, -0.25) is 4.99 Å². The summed E-state index contributed by atoms with van der Waals surface area (Å²) in [4.78, 5) is 4.10. The van der Waals surface area contributed by atoms with Crippen LogP contribution >= 0.6 is 0 Å². The number of hydrogen-bond acceptors (Lipinski definition) is 1. The van der Waals surface area contributed by atoms with E-state index in [-0.39, 0.29) is 0 Å². The summed E-state index contributed by atoms with van der Waals surface area (Å²) in [5.74, 6) is 0.592. The first-order chi connectivity index (χ1) is 5.31. The van der Waals surface area contributed by atoms with Crippen LogP contribution in [0, 0.1) is 5.92 Å². The van der Waals surface area contributed by atoms with Crippen molar-refractivity contribution < 1.29 is 0 Å². The van der Waals surface area contributed by atoms with Crippen molar-refractivity contribution in [2.45, 2.75) is 26.7 Å². The molecular weight excluding hydrogens is 134 g/mol. The fourth-order valence-corrected chi connectivity index (χ4v) is 0.837. The van der Waals surface area contributed by atoms with Crippen molar-refractivity contribution in [1.29, 1.82) is 0 Å². The van der Waals surface area contributed by atoms with E-state index in [1.54, 1.807) is 12.3 Å². The SMILES string of the molecule is C=C/C=C\N=CC(C)CCC. The monoisotopic (exact) mass is 151 g/mol. The molecule has 1 unspecified atom stereocenters. The average Bonchev–Trinajstić information content (AvgIpc) is 1.99. The Morgan fingerprint density at radius 2 is 2.27 bits per heavy atom. The molecule has 1 heteroatoms. The van der Waals surface area contributed by atoms with Crippen LogP contribution < -0.4 is 0 Å². The summed E-state index contributed by atoms with van der Waals surface area (Å²) in [5, 5.41) is 0. The molecule has 0 amide bonds. The fraction of sp³-hybridized carbons (Fsp3) is 0.500. The summed E-state index contributed by atoms with van der Waals surface area (Å²) < 4.78 is 0. The van der Waals surface area contributed by atoms with Crippen molar-refractivity contribution in [1.82, 2.24) is 0 Å². The number of rotatable bonds is 5. The molecule has 0 heterocycles. The maximum absolute atomic E-state index is 4.10. The van der Waals surface area contributed by atoms with Gasteiger partial charge in [-0.25, -0.2) is 0 Å². The molecule has 1 nitrogen and oxygen atoms in total. The molecule has 0 aromatic carbocycles. The van der Waals surface area contributed by atoms with E-state index in [1.807, 2.05) is 12.3 Å². The van der Waals surface area contributed by atoms with Crippen LogP contribution in [-0.2, 0) is 0 Å². The maximum atomic E-state index is 4.10. The Hall–Kier alpha value is -0.850. The van der Waals surface area contributed by atoms with Crippen molar-refractivity contribution in [3.05, 3.63) is 24.9 Å². The highest BCUT2D eigenvalue weighted by atomic mass is 14.7. The van der Waals surface area contributed by atoms with Crippen LogP contribution in [0.4, 0.5) is 0 Å². The van der Waals surface area contributed by atoms with Gasteiger partial charge in [0, 0.05) is 12.4 Å². The molecule has 0 radical (unpaired) electrons. The zero-order valence-electron chi connectivity index (χ0n) is 7.46. The molecule has 11 heavy (non-hydrogen) atoms. The number of aliphatic imine (C=N–C) groups is 1. The second-order valence-electron chi connectivity index (χ2n) is 2.64. The van der Waals surface area contributed by atoms with Crippen LogP contribution in [0.25, 0.3) is 0 Å². The molecule has 0 spiro atoms. The van der Waals surface area contributed by atoms with Gasteiger partial charge in [0.1, 0.15) is 0 Å². The van der Waals surface area contributed by atoms with Gasteiger partial charge in [-0.15, -0.1) is 0 Å². The third-order valence-electron chi connectivity index (χ3n) is 1.39. The molecule has 0 bridgehead atoms. The molecule has 0 aromatic heterocycles. The van der Waals surface area contributed by atoms with Gasteiger partial charge in [0.2, 0.25) is 0 Å². The van der Waals surface area contributed by atoms with Gasteiger partial charge >= 0.3 is 0 Å². The first-order valence-electron chi connectivity index (χ1n) is 4.12. The zero-order valence-corrected chi connectivity index (χ0v) is 7.46. The minimum Gasteiger partial charge on any atom is -0.269 e. The molecule has 0 rings (SSSR count). The molecule has 0 saturated carbocycles. The Kier molecular flexibility index (Phi) is 6.70. The lowest BCUT2D eigenvalue weighted by atomic mass is 10.1. The van der Waals surface area contributed by atoms with Crippen LogP contribution in [0.15, 0.2) is 29.9 Å². The zero-order chi connectivity index (χ0) is 8.53. The highest BCUT2D eigenvalue weighted by Crippen LogP contribution is 2.00. The third-order valence-corrected chi connectivity index (χ3v) is 1.39. The molecule has 0 saturated heterocycles. The maximum Gasteiger partial charge on any atom is 0.0263 e. The van der Waals surface area contributed by atoms with Gasteiger partial charge < -0.3 is 0 Å². The van der Waals surface area contributed by atoms with Gasteiger partial charge in [0.25, 0.3) is 0 Å². The topological polar surface area (TPSA) is 12.4 Å². The number of nitrogens with zero attached hydrogens (tertiary/aromatic N) is 1. The van der Waals surface area contributed by atoms with Crippen molar-refractivity contribution >= 4 is 6.21 Å². The Bertz CT molecular complexity index is 145. The number of hydrogen-bond donors (Lipinski definition) is 0. The average molecular weight is 151 g/mol. The van der Waals surface area contributed by atoms with Gasteiger partial charge in [-0.1, -0.05) is 32.9 Å². The molecule has 0 aliphatic heterocycles. The van der Waals surface area contributed by atoms with Gasteiger partial charge in [-0.2, -0.15) is 0 Å². The Morgan fingerprint density at radius 1 is 1.55 bits per heavy atom. The molecule has 0 aromatic rings. The predicted molar refractivity (Wildman–Crippen MR) is 51.9 cm³/mol. The quantitative estimate of drug-likeness (QED) is 0.422. The lowest BCUT2D eigenvalue weighted by Gasteiger charge is -1.99. The Labute approximate surface area is 69.5 Å². The van der Waals surface area contributed by atoms with E-state index < -0.39 is 0 Å². The number of allylic oxidation sites excluding steroid dienone is 2. The first-order valence-corrected chi connectivity index (χ1v) is 4.12. The minimum atomic E-state index is 0.592. The van der Waals surface area contributed by atoms with Crippen LogP contribution in [0.1, 0.15) is 26.7 Å². The van der Waals surface area contributed by atoms with E-state index in [4.69, 9.17) is 0 Å². The summed E-state index contributed by atoms with van der Waals surface area (Å²) >= 11 is 0. The van der Waals surface area contributed by atoms with Crippen molar-refractivity contribution in [2.75, 3.05) is 0 Å². The molecule has 1 atom stereocenters. The fourth-order valence-electron chi connectivity index (χ4n) is 0.837. The van der Waals surface area contributed by atoms with Crippen LogP contribution in [0.3, 0.4) is 0 Å². The van der Waals surface area contributed by atoms with E-state index in [0.717, 1.165) is 0 Å². The van der Waals surface area contributed by atoms with Crippen molar-refractivity contribution in [3.8, 4) is 0 Å². The van der Waals surface area contributed by atoms with E-state index >= 15 is 0 Å². The molecular formula is C10H17N. The lowest BCUT2D eigenvalue weighted by molar-refractivity contribution is 0.677. The summed E-state index contributed by atoms with van der Waals surface area (Å²) in [6.45, 7) is 7.91. The van der Waals surface area contributed by atoms with Crippen LogP contribution in [-0.4, -0.2) is 6.21 Å². The molecule has 62 valence electrons. The van der Waals surface area contributed by atoms with E-state index in [1.165, 1.54) is 12.8 Å². The minimum absolute atomic E-state index is 0.592. The first kappa shape index (κ1) is 10.2. The second kappa shape index (κ2) is 7.26. The Morgan fingerprint density at radius 3 is 2.82 bits per heavy atom. The second-order valence-corrected chi connectivity index (χ2v) is 2.64. The van der Waals surface area contributed by atoms with Gasteiger partial charge in [-0.05, 0) is 18.4 Å². The summed E-state index contributed by atoms with van der Waals surface area (Å²) in [6.07, 6.45) is 9.73. The highest BCUT2D eigenvalue weighted by molar-refractivity contribution is 5.60. The van der Waals surface area contributed by atoms with Crippen molar-refractivity contribution in [2.24, 2.45) is 10.9 Å². The van der Waals surface area contributed by atoms with Crippen molar-refractivity contribution in [3.63, 3.8) is 0 Å². The van der Waals surface area contributed by atoms with Gasteiger partial charge in [0.15, 0.2) is 0 Å². The lowest BCUT2D eigenvalue weighted by Crippen LogP contribution is -1.93. The summed E-state index contributed by atoms with van der Waals surface area (Å²) in [6, 6.07) is 0. The molecule has 0 N–H and O–H groups in total. The van der Waals surface area contributed by atoms with Crippen LogP contribution in [0.2, 0.25) is 0 Å². The Balaban J connectivity index is 3.54. The standard InChI is InChI=1S/C10H17N/c1-4-6-8-11-9-10(3)7-5-2/h4,6,8-10H,1,5,7H2,2-3H3/b8-6-,11-9?. The van der Waals surface area contributed by atoms with E-state index in [2.05, 4.69) is 25.4 Å². The largest absolute Gasteiger partial charge is 0.269 e. The normalized spacial score (nSPS) is 14.4. The smallest absolute Gasteiger partial charge is 0.0263 e. The van der Waals surface area contributed by atoms with E-state index in [0.29, 0.717) is 5.92 Å². The van der Waals surface area contributed by atoms with Gasteiger partial charge in [0.05, 0.1) is 0 Å². The molecule has 0 aliphatic rings.